The average Bonchev–Trinajstić information content (AvgIpc) is 2.84. The summed E-state index contributed by atoms with van der Waals surface area (Å²) in [5, 5.41) is 7.28. The Kier molecular flexibility index (Phi) is 3.00. The summed E-state index contributed by atoms with van der Waals surface area (Å²) in [6, 6.07) is 12.1. The lowest BCUT2D eigenvalue weighted by molar-refractivity contribution is -0.884. The van der Waals surface area contributed by atoms with Crippen molar-refractivity contribution >= 4 is 22.2 Å². The maximum absolute atomic E-state index is 12.1. The van der Waals surface area contributed by atoms with Crippen molar-refractivity contribution in [3.05, 3.63) is 42.0 Å². The standard InChI is InChI=1S/C14H15N3OS/c1-17(2)14-15-12(18)10-8-11(19-13(10)16-14)9-6-4-3-5-7-9/h3-8,14,16H,1-2H3,(H,15,18)/p+1. The molecule has 1 aliphatic heterocycles. The predicted octanol–water partition coefficient (Wildman–Crippen LogP) is 0.999. The number of quaternary nitrogens is 1. The summed E-state index contributed by atoms with van der Waals surface area (Å²) in [6.07, 6.45) is -0.0673. The molecule has 1 aromatic carbocycles. The number of amides is 1. The number of hydrogen-bond acceptors (Lipinski definition) is 3. The highest BCUT2D eigenvalue weighted by molar-refractivity contribution is 7.19. The minimum atomic E-state index is -0.0673. The van der Waals surface area contributed by atoms with Crippen LogP contribution in [-0.2, 0) is 0 Å². The third-order valence-corrected chi connectivity index (χ3v) is 4.28. The van der Waals surface area contributed by atoms with E-state index in [1.807, 2.05) is 38.4 Å². The number of benzene rings is 1. The van der Waals surface area contributed by atoms with Gasteiger partial charge in [0.25, 0.3) is 5.91 Å². The van der Waals surface area contributed by atoms with Crippen LogP contribution in [0.25, 0.3) is 10.4 Å². The van der Waals surface area contributed by atoms with Crippen LogP contribution in [-0.4, -0.2) is 26.3 Å². The molecule has 1 unspecified atom stereocenters. The van der Waals surface area contributed by atoms with E-state index >= 15 is 0 Å². The SMILES string of the molecule is C[NH+](C)C1NC(=O)c2cc(-c3ccccc3)sc2N1. The molecule has 4 nitrogen and oxygen atoms in total. The zero-order chi connectivity index (χ0) is 13.4. The minimum Gasteiger partial charge on any atom is -0.309 e. The molecule has 1 amide bonds. The van der Waals surface area contributed by atoms with E-state index in [-0.39, 0.29) is 12.2 Å². The van der Waals surface area contributed by atoms with Crippen LogP contribution in [0.5, 0.6) is 0 Å². The number of rotatable bonds is 2. The van der Waals surface area contributed by atoms with Crippen LogP contribution in [0.1, 0.15) is 10.4 Å². The van der Waals surface area contributed by atoms with Gasteiger partial charge in [0.2, 0.25) is 6.29 Å². The van der Waals surface area contributed by atoms with Crippen molar-refractivity contribution in [1.29, 1.82) is 0 Å². The van der Waals surface area contributed by atoms with Gasteiger partial charge in [-0.1, -0.05) is 30.3 Å². The third-order valence-electron chi connectivity index (χ3n) is 3.16. The fourth-order valence-corrected chi connectivity index (χ4v) is 3.17. The van der Waals surface area contributed by atoms with Gasteiger partial charge in [-0.15, -0.1) is 11.3 Å². The first-order chi connectivity index (χ1) is 9.15. The molecular weight excluding hydrogens is 258 g/mol. The zero-order valence-corrected chi connectivity index (χ0v) is 11.7. The fourth-order valence-electron chi connectivity index (χ4n) is 2.08. The van der Waals surface area contributed by atoms with Crippen molar-refractivity contribution in [3.8, 4) is 10.4 Å². The van der Waals surface area contributed by atoms with Crippen LogP contribution >= 0.6 is 11.3 Å². The number of fused-ring (bicyclic) bond motifs is 1. The molecule has 0 saturated carbocycles. The summed E-state index contributed by atoms with van der Waals surface area (Å²) in [6.45, 7) is 0. The predicted molar refractivity (Wildman–Crippen MR) is 77.4 cm³/mol. The second kappa shape index (κ2) is 4.68. The van der Waals surface area contributed by atoms with Gasteiger partial charge < -0.3 is 10.2 Å². The third kappa shape index (κ3) is 2.22. The van der Waals surface area contributed by atoms with Gasteiger partial charge in [0, 0.05) is 4.88 Å². The van der Waals surface area contributed by atoms with Gasteiger partial charge in [0.15, 0.2) is 0 Å². The molecule has 1 atom stereocenters. The molecule has 5 heteroatoms. The average molecular weight is 274 g/mol. The van der Waals surface area contributed by atoms with E-state index in [9.17, 15) is 4.79 Å². The Bertz CT molecular complexity index is 606. The normalized spacial score (nSPS) is 17.8. The maximum atomic E-state index is 12.1. The molecule has 0 saturated heterocycles. The van der Waals surface area contributed by atoms with Crippen molar-refractivity contribution in [2.24, 2.45) is 0 Å². The molecule has 2 heterocycles. The van der Waals surface area contributed by atoms with E-state index < -0.39 is 0 Å². The van der Waals surface area contributed by atoms with Crippen molar-refractivity contribution < 1.29 is 9.69 Å². The van der Waals surface area contributed by atoms with Crippen LogP contribution in [0.2, 0.25) is 0 Å². The van der Waals surface area contributed by atoms with Gasteiger partial charge in [0.05, 0.1) is 19.7 Å². The first-order valence-electron chi connectivity index (χ1n) is 6.22. The van der Waals surface area contributed by atoms with Gasteiger partial charge in [0.1, 0.15) is 5.00 Å². The molecule has 19 heavy (non-hydrogen) atoms. The van der Waals surface area contributed by atoms with Crippen LogP contribution in [0, 0.1) is 0 Å². The van der Waals surface area contributed by atoms with E-state index in [1.165, 1.54) is 0 Å². The maximum Gasteiger partial charge on any atom is 0.260 e. The Morgan fingerprint density at radius 2 is 1.89 bits per heavy atom. The Labute approximate surface area is 116 Å². The van der Waals surface area contributed by atoms with Crippen LogP contribution in [0.15, 0.2) is 36.4 Å². The molecule has 2 aromatic rings. The number of nitrogens with one attached hydrogen (secondary N) is 3. The van der Waals surface area contributed by atoms with Crippen LogP contribution in [0.4, 0.5) is 5.00 Å². The van der Waals surface area contributed by atoms with Gasteiger partial charge >= 0.3 is 0 Å². The molecule has 1 aliphatic rings. The largest absolute Gasteiger partial charge is 0.309 e. The van der Waals surface area contributed by atoms with Gasteiger partial charge in [-0.25, -0.2) is 0 Å². The summed E-state index contributed by atoms with van der Waals surface area (Å²) in [4.78, 5) is 14.3. The lowest BCUT2D eigenvalue weighted by atomic mass is 10.1. The highest BCUT2D eigenvalue weighted by atomic mass is 32.1. The number of anilines is 1. The van der Waals surface area contributed by atoms with E-state index in [0.29, 0.717) is 0 Å². The summed E-state index contributed by atoms with van der Waals surface area (Å²) in [7, 11) is 4.02. The second-order valence-electron chi connectivity index (χ2n) is 4.85. The van der Waals surface area contributed by atoms with Crippen molar-refractivity contribution in [2.75, 3.05) is 19.4 Å². The summed E-state index contributed by atoms with van der Waals surface area (Å²) in [5.74, 6) is -0.00150. The number of carbonyl (C=O) groups is 1. The van der Waals surface area contributed by atoms with Gasteiger partial charge in [-0.05, 0) is 11.6 Å². The molecule has 3 rings (SSSR count). The lowest BCUT2D eigenvalue weighted by Crippen LogP contribution is -3.14. The second-order valence-corrected chi connectivity index (χ2v) is 5.90. The number of carbonyl (C=O) groups excluding carboxylic acids is 1. The molecule has 1 aromatic heterocycles. The van der Waals surface area contributed by atoms with Crippen molar-refractivity contribution in [3.63, 3.8) is 0 Å². The molecular formula is C14H16N3OS+. The van der Waals surface area contributed by atoms with E-state index in [2.05, 4.69) is 22.8 Å². The van der Waals surface area contributed by atoms with E-state index in [0.717, 1.165) is 25.9 Å². The Morgan fingerprint density at radius 1 is 1.16 bits per heavy atom. The molecule has 0 spiro atoms. The highest BCUT2D eigenvalue weighted by Crippen LogP contribution is 2.36. The van der Waals surface area contributed by atoms with Crippen molar-refractivity contribution in [2.45, 2.75) is 6.29 Å². The quantitative estimate of drug-likeness (QED) is 0.765. The molecule has 0 radical (unpaired) electrons. The molecule has 0 aliphatic carbocycles. The van der Waals surface area contributed by atoms with Crippen LogP contribution in [0.3, 0.4) is 0 Å². The minimum absolute atomic E-state index is 0.00150. The molecule has 0 fully saturated rings. The van der Waals surface area contributed by atoms with E-state index in [1.54, 1.807) is 11.3 Å². The smallest absolute Gasteiger partial charge is 0.260 e. The van der Waals surface area contributed by atoms with Gasteiger partial charge in [-0.2, -0.15) is 0 Å². The molecule has 98 valence electrons. The monoisotopic (exact) mass is 274 g/mol. The van der Waals surface area contributed by atoms with Crippen LogP contribution < -0.4 is 15.5 Å². The van der Waals surface area contributed by atoms with Gasteiger partial charge in [-0.3, -0.25) is 10.1 Å². The number of thiophene rings is 1. The van der Waals surface area contributed by atoms with Crippen molar-refractivity contribution in [1.82, 2.24) is 5.32 Å². The lowest BCUT2D eigenvalue weighted by Gasteiger charge is -2.27. The first-order valence-corrected chi connectivity index (χ1v) is 7.03. The fraction of sp³-hybridized carbons (Fsp3) is 0.214. The molecule has 3 N–H and O–H groups in total. The Balaban J connectivity index is 1.98. The Morgan fingerprint density at radius 3 is 2.58 bits per heavy atom. The topological polar surface area (TPSA) is 45.6 Å². The molecule has 0 bridgehead atoms. The Hall–Kier alpha value is -1.85. The summed E-state index contributed by atoms with van der Waals surface area (Å²) >= 11 is 1.63. The summed E-state index contributed by atoms with van der Waals surface area (Å²) < 4.78 is 0. The summed E-state index contributed by atoms with van der Waals surface area (Å²) in [5.41, 5.74) is 1.88. The first kappa shape index (κ1) is 12.2. The zero-order valence-electron chi connectivity index (χ0n) is 10.9. The highest BCUT2D eigenvalue weighted by Gasteiger charge is 2.29. The van der Waals surface area contributed by atoms with E-state index in [4.69, 9.17) is 0 Å². The number of hydrogen-bond donors (Lipinski definition) is 3.